The van der Waals surface area contributed by atoms with Gasteiger partial charge in [0.15, 0.2) is 0 Å². The lowest BCUT2D eigenvalue weighted by Gasteiger charge is -2.23. The molecular weight excluding hydrogens is 132 g/mol. The van der Waals surface area contributed by atoms with Gasteiger partial charge in [0.05, 0.1) is 0 Å². The first-order chi connectivity index (χ1) is 4.48. The molecule has 0 unspecified atom stereocenters. The van der Waals surface area contributed by atoms with Crippen LogP contribution in [0.25, 0.3) is 0 Å². The number of carbonyl (C=O) groups is 1. The Morgan fingerprint density at radius 3 is 2.50 bits per heavy atom. The van der Waals surface area contributed by atoms with E-state index in [1.54, 1.807) is 13.8 Å². The second-order valence-electron chi connectivity index (χ2n) is 2.73. The molecule has 60 valence electrons. The van der Waals surface area contributed by atoms with Gasteiger partial charge in [0.2, 0.25) is 0 Å². The molecule has 3 N–H and O–H groups in total. The first-order valence-electron chi connectivity index (χ1n) is 3.11. The molecule has 0 radical (unpaired) electrons. The van der Waals surface area contributed by atoms with Gasteiger partial charge in [-0.1, -0.05) is 0 Å². The van der Waals surface area contributed by atoms with Crippen LogP contribution in [-0.4, -0.2) is 18.1 Å². The molecule has 4 heteroatoms. The van der Waals surface area contributed by atoms with Crippen molar-refractivity contribution in [1.82, 2.24) is 5.43 Å². The summed E-state index contributed by atoms with van der Waals surface area (Å²) in [5.41, 5.74) is 1.92. The second-order valence-corrected chi connectivity index (χ2v) is 2.73. The number of nitrogens with one attached hydrogen (secondary N) is 1. The second kappa shape index (κ2) is 3.53. The molecule has 10 heavy (non-hydrogen) atoms. The monoisotopic (exact) mass is 146 g/mol. The number of esters is 1. The molecule has 0 aliphatic rings. The Bertz CT molecular complexity index is 123. The average Bonchev–Trinajstić information content (AvgIpc) is 1.59. The summed E-state index contributed by atoms with van der Waals surface area (Å²) in [6, 6.07) is 0. The van der Waals surface area contributed by atoms with Crippen LogP contribution in [0.15, 0.2) is 0 Å². The quantitative estimate of drug-likeness (QED) is 0.328. The van der Waals surface area contributed by atoms with Gasteiger partial charge in [0.25, 0.3) is 0 Å². The molecule has 0 atom stereocenters. The van der Waals surface area contributed by atoms with Gasteiger partial charge in [0, 0.05) is 13.5 Å². The van der Waals surface area contributed by atoms with Gasteiger partial charge >= 0.3 is 5.97 Å². The number of hydrogen-bond acceptors (Lipinski definition) is 4. The van der Waals surface area contributed by atoms with Crippen LogP contribution in [0.3, 0.4) is 0 Å². The Kier molecular flexibility index (Phi) is 3.32. The minimum Gasteiger partial charge on any atom is -0.458 e. The van der Waals surface area contributed by atoms with E-state index in [1.165, 1.54) is 6.92 Å². The fraction of sp³-hybridized carbons (Fsp3) is 0.833. The zero-order valence-corrected chi connectivity index (χ0v) is 6.60. The van der Waals surface area contributed by atoms with Gasteiger partial charge in [-0.15, -0.1) is 0 Å². The highest BCUT2D eigenvalue weighted by molar-refractivity contribution is 5.66. The van der Waals surface area contributed by atoms with Crippen molar-refractivity contribution in [3.8, 4) is 0 Å². The van der Waals surface area contributed by atoms with Crippen molar-refractivity contribution in [1.29, 1.82) is 0 Å². The summed E-state index contributed by atoms with van der Waals surface area (Å²) < 4.78 is 4.90. The van der Waals surface area contributed by atoms with Crippen molar-refractivity contribution in [3.05, 3.63) is 0 Å². The van der Waals surface area contributed by atoms with Gasteiger partial charge in [-0.25, -0.2) is 0 Å². The Morgan fingerprint density at radius 2 is 2.20 bits per heavy atom. The molecule has 0 aromatic heterocycles. The standard InChI is InChI=1S/C6H14N2O2/c1-5(9)10-6(2,3)4-8-7/h8H,4,7H2,1-3H3. The summed E-state index contributed by atoms with van der Waals surface area (Å²) in [6.45, 7) is 5.40. The zero-order chi connectivity index (χ0) is 8.20. The lowest BCUT2D eigenvalue weighted by Crippen LogP contribution is -2.41. The lowest BCUT2D eigenvalue weighted by atomic mass is 10.1. The van der Waals surface area contributed by atoms with Crippen molar-refractivity contribution in [3.63, 3.8) is 0 Å². The molecule has 0 rings (SSSR count). The summed E-state index contributed by atoms with van der Waals surface area (Å²) in [6.07, 6.45) is 0. The molecule has 0 saturated heterocycles. The fourth-order valence-electron chi connectivity index (χ4n) is 0.671. The highest BCUT2D eigenvalue weighted by Crippen LogP contribution is 2.06. The number of hydrazine groups is 1. The van der Waals surface area contributed by atoms with Crippen molar-refractivity contribution in [2.24, 2.45) is 5.84 Å². The minimum atomic E-state index is -0.513. The van der Waals surface area contributed by atoms with Crippen molar-refractivity contribution in [2.45, 2.75) is 26.4 Å². The van der Waals surface area contributed by atoms with Crippen molar-refractivity contribution >= 4 is 5.97 Å². The molecule has 0 aromatic carbocycles. The Hall–Kier alpha value is -0.610. The number of hydrogen-bond donors (Lipinski definition) is 2. The van der Waals surface area contributed by atoms with E-state index in [0.29, 0.717) is 6.54 Å². The molecule has 0 saturated carbocycles. The van der Waals surface area contributed by atoms with Crippen LogP contribution in [0.2, 0.25) is 0 Å². The van der Waals surface area contributed by atoms with Gasteiger partial charge in [-0.05, 0) is 13.8 Å². The summed E-state index contributed by atoms with van der Waals surface area (Å²) in [7, 11) is 0. The molecule has 0 heterocycles. The molecule has 0 aliphatic carbocycles. The number of nitrogens with two attached hydrogens (primary N) is 1. The molecule has 0 aromatic rings. The third-order valence-corrected chi connectivity index (χ3v) is 0.948. The van der Waals surface area contributed by atoms with Gasteiger partial charge in [-0.2, -0.15) is 0 Å². The van der Waals surface area contributed by atoms with E-state index >= 15 is 0 Å². The predicted molar refractivity (Wildman–Crippen MR) is 38.0 cm³/mol. The van der Waals surface area contributed by atoms with Crippen LogP contribution in [0, 0.1) is 0 Å². The van der Waals surface area contributed by atoms with Crippen LogP contribution < -0.4 is 11.3 Å². The topological polar surface area (TPSA) is 64.3 Å². The maximum Gasteiger partial charge on any atom is 0.303 e. The molecule has 4 nitrogen and oxygen atoms in total. The molecule has 0 aliphatic heterocycles. The maximum absolute atomic E-state index is 10.4. The average molecular weight is 146 g/mol. The third kappa shape index (κ3) is 4.29. The van der Waals surface area contributed by atoms with E-state index in [2.05, 4.69) is 5.43 Å². The molecule has 0 bridgehead atoms. The zero-order valence-electron chi connectivity index (χ0n) is 6.60. The van der Waals surface area contributed by atoms with Crippen LogP contribution in [0.1, 0.15) is 20.8 Å². The number of rotatable bonds is 3. The van der Waals surface area contributed by atoms with E-state index in [-0.39, 0.29) is 5.97 Å². The molecule has 0 fully saturated rings. The van der Waals surface area contributed by atoms with Crippen molar-refractivity contribution in [2.75, 3.05) is 6.54 Å². The summed E-state index contributed by atoms with van der Waals surface area (Å²) in [5, 5.41) is 0. The van der Waals surface area contributed by atoms with Crippen LogP contribution in [0.5, 0.6) is 0 Å². The number of ether oxygens (including phenoxy) is 1. The summed E-state index contributed by atoms with van der Waals surface area (Å²) in [5.74, 6) is 4.76. The predicted octanol–water partition coefficient (Wildman–Crippen LogP) is -0.209. The van der Waals surface area contributed by atoms with Gasteiger partial charge in [0.1, 0.15) is 5.60 Å². The SMILES string of the molecule is CC(=O)OC(C)(C)CNN. The van der Waals surface area contributed by atoms with E-state index in [1.807, 2.05) is 0 Å². The number of carbonyl (C=O) groups excluding carboxylic acids is 1. The molecular formula is C6H14N2O2. The Morgan fingerprint density at radius 1 is 1.70 bits per heavy atom. The molecule has 0 amide bonds. The first-order valence-corrected chi connectivity index (χ1v) is 3.11. The van der Waals surface area contributed by atoms with Gasteiger partial charge in [-0.3, -0.25) is 16.1 Å². The van der Waals surface area contributed by atoms with Crippen LogP contribution in [-0.2, 0) is 9.53 Å². The normalized spacial score (nSPS) is 11.2. The highest BCUT2D eigenvalue weighted by atomic mass is 16.6. The molecule has 0 spiro atoms. The van der Waals surface area contributed by atoms with Gasteiger partial charge < -0.3 is 4.74 Å². The minimum absolute atomic E-state index is 0.291. The first kappa shape index (κ1) is 9.39. The Balaban J connectivity index is 3.74. The summed E-state index contributed by atoms with van der Waals surface area (Å²) >= 11 is 0. The van der Waals surface area contributed by atoms with E-state index < -0.39 is 5.60 Å². The maximum atomic E-state index is 10.4. The largest absolute Gasteiger partial charge is 0.458 e. The third-order valence-electron chi connectivity index (χ3n) is 0.948. The van der Waals surface area contributed by atoms with Crippen LogP contribution in [0.4, 0.5) is 0 Å². The van der Waals surface area contributed by atoms with Crippen molar-refractivity contribution < 1.29 is 9.53 Å². The highest BCUT2D eigenvalue weighted by Gasteiger charge is 2.19. The van der Waals surface area contributed by atoms with Crippen LogP contribution >= 0.6 is 0 Å². The lowest BCUT2D eigenvalue weighted by molar-refractivity contribution is -0.153. The van der Waals surface area contributed by atoms with E-state index in [0.717, 1.165) is 0 Å². The summed E-state index contributed by atoms with van der Waals surface area (Å²) in [4.78, 5) is 10.4. The fourth-order valence-corrected chi connectivity index (χ4v) is 0.671. The Labute approximate surface area is 60.7 Å². The smallest absolute Gasteiger partial charge is 0.303 e. The van der Waals surface area contributed by atoms with E-state index in [4.69, 9.17) is 10.6 Å². The van der Waals surface area contributed by atoms with E-state index in [9.17, 15) is 4.79 Å².